The minimum absolute atomic E-state index is 0.896. The lowest BCUT2D eigenvalue weighted by molar-refractivity contribution is 1.41. The molecule has 2 aromatic carbocycles. The minimum atomic E-state index is 0.896. The van der Waals surface area contributed by atoms with Crippen molar-refractivity contribution in [2.75, 3.05) is 0 Å². The number of hydrogen-bond donors (Lipinski definition) is 0. The van der Waals surface area contributed by atoms with Gasteiger partial charge in [0.1, 0.15) is 0 Å². The molecule has 0 heterocycles. The van der Waals surface area contributed by atoms with Gasteiger partial charge in [-0.3, -0.25) is 0 Å². The molecule has 0 aliphatic carbocycles. The molecule has 0 aromatic heterocycles. The highest BCUT2D eigenvalue weighted by Crippen LogP contribution is 2.14. The molecule has 0 aliphatic rings. The van der Waals surface area contributed by atoms with Crippen molar-refractivity contribution in [3.05, 3.63) is 77.9 Å². The Bertz CT molecular complexity index is 532. The highest BCUT2D eigenvalue weighted by Gasteiger charge is 1.94. The van der Waals surface area contributed by atoms with Crippen LogP contribution in [0.3, 0.4) is 0 Å². The van der Waals surface area contributed by atoms with Gasteiger partial charge in [-0.1, -0.05) is 67.3 Å². The van der Waals surface area contributed by atoms with Crippen molar-refractivity contribution >= 4 is 24.2 Å². The van der Waals surface area contributed by atoms with E-state index < -0.39 is 0 Å². The minimum Gasteiger partial charge on any atom is -0.224 e. The number of benzene rings is 2. The van der Waals surface area contributed by atoms with Crippen molar-refractivity contribution in [3.8, 4) is 0 Å². The summed E-state index contributed by atoms with van der Waals surface area (Å²) < 4.78 is 4.39. The molecule has 2 aromatic rings. The second-order valence-electron chi connectivity index (χ2n) is 3.83. The van der Waals surface area contributed by atoms with Crippen molar-refractivity contribution < 1.29 is 0 Å². The highest BCUT2D eigenvalue weighted by atomic mass is 32.2. The SMILES string of the molecule is C=Cc1ccccc1/C=N/SCc1ccccc1. The van der Waals surface area contributed by atoms with E-state index in [0.717, 1.165) is 16.9 Å². The van der Waals surface area contributed by atoms with E-state index in [4.69, 9.17) is 0 Å². The summed E-state index contributed by atoms with van der Waals surface area (Å²) >= 11 is 1.56. The Kier molecular flexibility index (Phi) is 4.79. The Labute approximate surface area is 112 Å². The van der Waals surface area contributed by atoms with Crippen LogP contribution < -0.4 is 0 Å². The van der Waals surface area contributed by atoms with Gasteiger partial charge >= 0.3 is 0 Å². The Balaban J connectivity index is 1.94. The van der Waals surface area contributed by atoms with Crippen LogP contribution in [0.1, 0.15) is 16.7 Å². The molecule has 90 valence electrons. The monoisotopic (exact) mass is 253 g/mol. The zero-order chi connectivity index (χ0) is 12.6. The molecule has 0 spiro atoms. The van der Waals surface area contributed by atoms with Crippen LogP contribution in [0.25, 0.3) is 6.08 Å². The van der Waals surface area contributed by atoms with E-state index >= 15 is 0 Å². The van der Waals surface area contributed by atoms with Crippen molar-refractivity contribution in [2.24, 2.45) is 4.40 Å². The van der Waals surface area contributed by atoms with Crippen LogP contribution in [0.2, 0.25) is 0 Å². The third kappa shape index (κ3) is 3.60. The van der Waals surface area contributed by atoms with Gasteiger partial charge in [-0.05, 0) is 23.1 Å². The molecule has 0 N–H and O–H groups in total. The summed E-state index contributed by atoms with van der Waals surface area (Å²) in [4.78, 5) is 0. The second-order valence-corrected chi connectivity index (χ2v) is 4.58. The standard InChI is InChI=1S/C16H15NS/c1-2-15-10-6-7-11-16(15)12-17-18-13-14-8-4-3-5-9-14/h2-12H,1,13H2/b17-12+. The molecule has 0 amide bonds. The third-order valence-electron chi connectivity index (χ3n) is 2.56. The Morgan fingerprint density at radius 3 is 2.33 bits per heavy atom. The molecule has 2 heteroatoms. The van der Waals surface area contributed by atoms with Gasteiger partial charge in [-0.2, -0.15) is 0 Å². The second kappa shape index (κ2) is 6.82. The summed E-state index contributed by atoms with van der Waals surface area (Å²) in [6.07, 6.45) is 3.74. The third-order valence-corrected chi connectivity index (χ3v) is 3.27. The van der Waals surface area contributed by atoms with Gasteiger partial charge in [0.15, 0.2) is 0 Å². The van der Waals surface area contributed by atoms with Crippen LogP contribution in [0, 0.1) is 0 Å². The van der Waals surface area contributed by atoms with Gasteiger partial charge in [-0.25, -0.2) is 4.40 Å². The lowest BCUT2D eigenvalue weighted by Gasteiger charge is -1.99. The van der Waals surface area contributed by atoms with Gasteiger partial charge in [0.25, 0.3) is 0 Å². The highest BCUT2D eigenvalue weighted by molar-refractivity contribution is 7.97. The zero-order valence-electron chi connectivity index (χ0n) is 10.1. The van der Waals surface area contributed by atoms with E-state index in [1.165, 1.54) is 5.56 Å². The largest absolute Gasteiger partial charge is 0.224 e. The molecule has 2 rings (SSSR count). The summed E-state index contributed by atoms with van der Waals surface area (Å²) in [6, 6.07) is 18.4. The maximum absolute atomic E-state index is 4.39. The van der Waals surface area contributed by atoms with E-state index in [0.29, 0.717) is 0 Å². The van der Waals surface area contributed by atoms with Gasteiger partial charge in [0, 0.05) is 17.5 Å². The summed E-state index contributed by atoms with van der Waals surface area (Å²) in [6.45, 7) is 3.80. The molecular weight excluding hydrogens is 238 g/mol. The van der Waals surface area contributed by atoms with Crippen molar-refractivity contribution in [3.63, 3.8) is 0 Å². The molecule has 0 atom stereocenters. The normalized spacial score (nSPS) is 10.7. The Morgan fingerprint density at radius 2 is 1.61 bits per heavy atom. The van der Waals surface area contributed by atoms with Crippen LogP contribution in [-0.4, -0.2) is 6.21 Å². The first-order chi connectivity index (χ1) is 8.90. The van der Waals surface area contributed by atoms with E-state index in [1.807, 2.05) is 54.8 Å². The Hall–Kier alpha value is -1.80. The molecule has 18 heavy (non-hydrogen) atoms. The average Bonchev–Trinajstić information content (AvgIpc) is 2.45. The van der Waals surface area contributed by atoms with Crippen LogP contribution in [0.5, 0.6) is 0 Å². The molecule has 0 bridgehead atoms. The molecule has 0 saturated carbocycles. The van der Waals surface area contributed by atoms with Gasteiger partial charge in [0.2, 0.25) is 0 Å². The Morgan fingerprint density at radius 1 is 0.944 bits per heavy atom. The first-order valence-electron chi connectivity index (χ1n) is 5.81. The topological polar surface area (TPSA) is 12.4 Å². The molecular formula is C16H15NS. The van der Waals surface area contributed by atoms with Gasteiger partial charge < -0.3 is 0 Å². The van der Waals surface area contributed by atoms with Crippen molar-refractivity contribution in [1.29, 1.82) is 0 Å². The molecule has 0 aliphatic heterocycles. The van der Waals surface area contributed by atoms with Crippen LogP contribution in [0.15, 0.2) is 65.6 Å². The zero-order valence-corrected chi connectivity index (χ0v) is 10.9. The molecule has 0 unspecified atom stereocenters. The van der Waals surface area contributed by atoms with E-state index in [2.05, 4.69) is 23.1 Å². The van der Waals surface area contributed by atoms with Crippen molar-refractivity contribution in [1.82, 2.24) is 0 Å². The summed E-state index contributed by atoms with van der Waals surface area (Å²) in [5, 5.41) is 0. The number of nitrogens with zero attached hydrogens (tertiary/aromatic N) is 1. The molecule has 0 saturated heterocycles. The maximum atomic E-state index is 4.39. The fourth-order valence-corrected chi connectivity index (χ4v) is 2.20. The molecule has 0 radical (unpaired) electrons. The quantitative estimate of drug-likeness (QED) is 0.560. The summed E-state index contributed by atoms with van der Waals surface area (Å²) in [5.74, 6) is 0.896. The number of hydrogen-bond acceptors (Lipinski definition) is 2. The maximum Gasteiger partial charge on any atom is 0.0430 e. The smallest absolute Gasteiger partial charge is 0.0430 e. The van der Waals surface area contributed by atoms with E-state index in [-0.39, 0.29) is 0 Å². The predicted molar refractivity (Wildman–Crippen MR) is 81.9 cm³/mol. The fraction of sp³-hybridized carbons (Fsp3) is 0.0625. The average molecular weight is 253 g/mol. The van der Waals surface area contributed by atoms with E-state index in [9.17, 15) is 0 Å². The van der Waals surface area contributed by atoms with Crippen LogP contribution >= 0.6 is 11.9 Å². The molecule has 1 nitrogen and oxygen atoms in total. The fourth-order valence-electron chi connectivity index (χ4n) is 1.59. The van der Waals surface area contributed by atoms with Crippen LogP contribution in [-0.2, 0) is 5.75 Å². The first kappa shape index (κ1) is 12.7. The lowest BCUT2D eigenvalue weighted by atomic mass is 10.1. The van der Waals surface area contributed by atoms with Crippen molar-refractivity contribution in [2.45, 2.75) is 5.75 Å². The number of rotatable bonds is 5. The molecule has 0 fully saturated rings. The van der Waals surface area contributed by atoms with Gasteiger partial charge in [0.05, 0.1) is 0 Å². The van der Waals surface area contributed by atoms with Crippen LogP contribution in [0.4, 0.5) is 0 Å². The predicted octanol–water partition coefficient (Wildman–Crippen LogP) is 4.60. The lowest BCUT2D eigenvalue weighted by Crippen LogP contribution is -1.85. The summed E-state index contributed by atoms with van der Waals surface area (Å²) in [7, 11) is 0. The van der Waals surface area contributed by atoms with E-state index in [1.54, 1.807) is 11.9 Å². The summed E-state index contributed by atoms with van der Waals surface area (Å²) in [5.41, 5.74) is 3.51. The first-order valence-corrected chi connectivity index (χ1v) is 6.75. The van der Waals surface area contributed by atoms with Gasteiger partial charge in [-0.15, -0.1) is 0 Å².